The van der Waals surface area contributed by atoms with Gasteiger partial charge in [0.1, 0.15) is 22.8 Å². The normalized spacial score (nSPS) is 21.3. The molecule has 5 heterocycles. The van der Waals surface area contributed by atoms with Gasteiger partial charge in [0, 0.05) is 61.0 Å². The van der Waals surface area contributed by atoms with Crippen LogP contribution in [0.1, 0.15) is 34.1 Å². The second kappa shape index (κ2) is 13.4. The number of aliphatic carboxylic acids is 1. The molecule has 0 radical (unpaired) electrons. The molecule has 47 heavy (non-hydrogen) atoms. The number of rotatable bonds is 9. The van der Waals surface area contributed by atoms with Crippen molar-refractivity contribution in [2.45, 2.75) is 36.7 Å². The maximum Gasteiger partial charge on any atom is 1.00 e. The van der Waals surface area contributed by atoms with Crippen LogP contribution in [0.25, 0.3) is 10.9 Å². The number of carbonyl (C=O) groups is 4. The Morgan fingerprint density at radius 1 is 1.11 bits per heavy atom. The topological polar surface area (TPSA) is 155 Å². The van der Waals surface area contributed by atoms with Crippen LogP contribution in [0.15, 0.2) is 51.9 Å². The summed E-state index contributed by atoms with van der Waals surface area (Å²) in [6.45, 7) is 2.10. The van der Waals surface area contributed by atoms with Gasteiger partial charge in [-0.1, -0.05) is 6.07 Å². The number of β-lactam (4-membered cyclic amide) rings is 1. The molecule has 240 valence electrons. The molecule has 2 saturated heterocycles. The van der Waals surface area contributed by atoms with Gasteiger partial charge in [-0.2, -0.15) is 0 Å². The smallest absolute Gasteiger partial charge is 0.543 e. The zero-order chi connectivity index (χ0) is 32.3. The van der Waals surface area contributed by atoms with Gasteiger partial charge < -0.3 is 29.8 Å². The third-order valence-electron chi connectivity index (χ3n) is 8.87. The van der Waals surface area contributed by atoms with E-state index < -0.39 is 40.5 Å². The van der Waals surface area contributed by atoms with E-state index in [1.165, 1.54) is 34.2 Å². The monoisotopic (exact) mass is 689 g/mol. The number of piperazine rings is 1. The summed E-state index contributed by atoms with van der Waals surface area (Å²) in [5.41, 5.74) is 0.103. The van der Waals surface area contributed by atoms with Crippen LogP contribution in [0.2, 0.25) is 0 Å². The van der Waals surface area contributed by atoms with Crippen molar-refractivity contribution in [2.24, 2.45) is 0 Å². The van der Waals surface area contributed by atoms with E-state index in [0.717, 1.165) is 23.8 Å². The van der Waals surface area contributed by atoms with Crippen LogP contribution in [-0.4, -0.2) is 93.1 Å². The minimum Gasteiger partial charge on any atom is -0.543 e. The first-order chi connectivity index (χ1) is 22.1. The minimum atomic E-state index is -1.44. The maximum absolute atomic E-state index is 15.4. The number of hydrogen-bond donors (Lipinski definition) is 2. The molecule has 2 unspecified atom stereocenters. The van der Waals surface area contributed by atoms with E-state index >= 15 is 4.39 Å². The predicted molar refractivity (Wildman–Crippen MR) is 167 cm³/mol. The van der Waals surface area contributed by atoms with E-state index in [0.29, 0.717) is 48.7 Å². The molecule has 3 aromatic rings. The zero-order valence-corrected chi connectivity index (χ0v) is 29.1. The SMILES string of the molecule is O=C(Cc1cccs1)NC1C(=O)N2C(C(=O)[O-])=C(CN3CCN(c4cc5c(cc4F)c(=O)c(C(=O)O)cn5C4CC4)CC3)CSC12.[Na+]. The summed E-state index contributed by atoms with van der Waals surface area (Å²) in [6, 6.07) is 5.67. The molecule has 1 aliphatic carbocycles. The number of carboxylic acids is 2. The van der Waals surface area contributed by atoms with Crippen LogP contribution in [-0.2, 0) is 20.8 Å². The van der Waals surface area contributed by atoms with Crippen LogP contribution in [0.3, 0.4) is 0 Å². The van der Waals surface area contributed by atoms with E-state index in [9.17, 15) is 34.2 Å². The zero-order valence-electron chi connectivity index (χ0n) is 25.4. The number of thiophene rings is 1. The molecule has 7 rings (SSSR count). The van der Waals surface area contributed by atoms with Crippen molar-refractivity contribution < 1.29 is 63.3 Å². The molecule has 1 aromatic carbocycles. The van der Waals surface area contributed by atoms with Crippen molar-refractivity contribution in [3.63, 3.8) is 0 Å². The quantitative estimate of drug-likeness (QED) is 0.191. The van der Waals surface area contributed by atoms with Gasteiger partial charge in [0.05, 0.1) is 29.3 Å². The van der Waals surface area contributed by atoms with Crippen molar-refractivity contribution in [1.29, 1.82) is 0 Å². The second-order valence-electron chi connectivity index (χ2n) is 11.9. The molecular weight excluding hydrogens is 660 g/mol. The Morgan fingerprint density at radius 3 is 2.49 bits per heavy atom. The number of nitrogens with one attached hydrogen (secondary N) is 1. The Morgan fingerprint density at radius 2 is 1.85 bits per heavy atom. The fourth-order valence-corrected chi connectivity index (χ4v) is 8.45. The average Bonchev–Trinajstić information content (AvgIpc) is 3.75. The van der Waals surface area contributed by atoms with Crippen molar-refractivity contribution in [3.8, 4) is 0 Å². The third kappa shape index (κ3) is 6.36. The first-order valence-electron chi connectivity index (χ1n) is 14.9. The second-order valence-corrected chi connectivity index (χ2v) is 14.0. The molecule has 16 heteroatoms. The summed E-state index contributed by atoms with van der Waals surface area (Å²) in [7, 11) is 0. The molecule has 12 nitrogen and oxygen atoms in total. The van der Waals surface area contributed by atoms with Gasteiger partial charge in [0.2, 0.25) is 11.3 Å². The number of pyridine rings is 1. The number of carboxylic acid groups (broad SMARTS) is 2. The summed E-state index contributed by atoms with van der Waals surface area (Å²) in [5.74, 6) is -3.83. The molecule has 0 bridgehead atoms. The summed E-state index contributed by atoms with van der Waals surface area (Å²) in [4.78, 5) is 68.2. The number of thioether (sulfide) groups is 1. The molecule has 3 aliphatic heterocycles. The molecule has 2 atom stereocenters. The fraction of sp³-hybridized carbons (Fsp3) is 0.387. The largest absolute Gasteiger partial charge is 1.00 e. The van der Waals surface area contributed by atoms with Gasteiger partial charge in [0.25, 0.3) is 5.91 Å². The van der Waals surface area contributed by atoms with Crippen molar-refractivity contribution in [1.82, 2.24) is 19.7 Å². The molecule has 4 aliphatic rings. The number of carbonyl (C=O) groups excluding carboxylic acids is 3. The maximum atomic E-state index is 15.4. The van der Waals surface area contributed by atoms with Crippen LogP contribution in [0.5, 0.6) is 0 Å². The molecule has 3 fully saturated rings. The van der Waals surface area contributed by atoms with Crippen molar-refractivity contribution >= 4 is 63.4 Å². The molecule has 1 saturated carbocycles. The summed E-state index contributed by atoms with van der Waals surface area (Å²) >= 11 is 2.84. The predicted octanol–water partition coefficient (Wildman–Crippen LogP) is -1.99. The van der Waals surface area contributed by atoms with Crippen molar-refractivity contribution in [3.05, 3.63) is 73.6 Å². The van der Waals surface area contributed by atoms with Gasteiger partial charge >= 0.3 is 35.5 Å². The van der Waals surface area contributed by atoms with E-state index in [4.69, 9.17) is 0 Å². The Hall–Kier alpha value is -3.21. The number of fused-ring (bicyclic) bond motifs is 2. The number of anilines is 1. The first-order valence-corrected chi connectivity index (χ1v) is 16.8. The molecular formula is C31H29FN5NaO7S2. The standard InChI is InChI=1S/C31H30FN5O7S2.Na/c32-21-11-19-22(36(17-3-4-17)14-20(27(19)39)30(41)42)12-23(21)35-7-5-34(6-8-35)13-16-15-46-29-25(28(40)37(29)26(16)31(43)44)33-24(38)10-18-2-1-9-45-18;/h1-2,9,11-12,14,17,25,29H,3-8,10,13,15H2,(H,33,38)(H,41,42)(H,43,44);/q;+1/p-1. The van der Waals surface area contributed by atoms with E-state index in [2.05, 4.69) is 5.32 Å². The molecule has 2 N–H and O–H groups in total. The van der Waals surface area contributed by atoms with E-state index in [-0.39, 0.29) is 71.1 Å². The van der Waals surface area contributed by atoms with Gasteiger partial charge in [-0.05, 0) is 42.0 Å². The first kappa shape index (κ1) is 33.7. The number of hydrogen-bond acceptors (Lipinski definition) is 10. The Kier molecular flexibility index (Phi) is 9.57. The fourth-order valence-electron chi connectivity index (χ4n) is 6.41. The Labute approximate surface area is 298 Å². The number of benzene rings is 1. The van der Waals surface area contributed by atoms with Gasteiger partial charge in [-0.3, -0.25) is 24.2 Å². The summed E-state index contributed by atoms with van der Waals surface area (Å²) in [6.07, 6.45) is 3.19. The number of nitrogens with zero attached hydrogens (tertiary/aromatic N) is 4. The van der Waals surface area contributed by atoms with Gasteiger partial charge in [-0.15, -0.1) is 23.1 Å². The van der Waals surface area contributed by atoms with Crippen LogP contribution in [0.4, 0.5) is 10.1 Å². The van der Waals surface area contributed by atoms with Crippen LogP contribution < -0.4 is 50.3 Å². The third-order valence-corrected chi connectivity index (χ3v) is 11.1. The number of halogens is 1. The van der Waals surface area contributed by atoms with Crippen LogP contribution in [0, 0.1) is 5.82 Å². The number of aromatic nitrogens is 1. The summed E-state index contributed by atoms with van der Waals surface area (Å²) < 4.78 is 17.2. The number of aromatic carboxylic acids is 1. The Bertz CT molecular complexity index is 1870. The van der Waals surface area contributed by atoms with Crippen molar-refractivity contribution in [2.75, 3.05) is 43.4 Å². The summed E-state index contributed by atoms with van der Waals surface area (Å²) in [5, 5.41) is 25.9. The minimum absolute atomic E-state index is 0. The Balaban J connectivity index is 0.00000386. The average molecular weight is 690 g/mol. The van der Waals surface area contributed by atoms with Gasteiger partial charge in [-0.25, -0.2) is 9.18 Å². The molecule has 2 amide bonds. The van der Waals surface area contributed by atoms with E-state index in [1.807, 2.05) is 27.3 Å². The van der Waals surface area contributed by atoms with Gasteiger partial charge in [0.15, 0.2) is 0 Å². The molecule has 0 spiro atoms. The number of amides is 2. The molecule has 2 aromatic heterocycles. The van der Waals surface area contributed by atoms with Crippen LogP contribution >= 0.6 is 23.1 Å². The van der Waals surface area contributed by atoms with E-state index in [1.54, 1.807) is 10.6 Å².